The third-order valence-electron chi connectivity index (χ3n) is 4.15. The molecule has 6 heteroatoms. The van der Waals surface area contributed by atoms with Gasteiger partial charge in [0.2, 0.25) is 5.91 Å². The minimum absolute atomic E-state index is 0.0900. The number of benzene rings is 1. The van der Waals surface area contributed by atoms with Gasteiger partial charge in [-0.3, -0.25) is 9.59 Å². The molecule has 0 bridgehead atoms. The second-order valence-corrected chi connectivity index (χ2v) is 5.41. The van der Waals surface area contributed by atoms with Gasteiger partial charge in [-0.05, 0) is 30.9 Å². The quantitative estimate of drug-likeness (QED) is 0.909. The number of rotatable bonds is 2. The van der Waals surface area contributed by atoms with Crippen LogP contribution in [0.5, 0.6) is 0 Å². The second-order valence-electron chi connectivity index (χ2n) is 5.41. The molecule has 21 heavy (non-hydrogen) atoms. The first-order chi connectivity index (χ1) is 10.1. The van der Waals surface area contributed by atoms with Crippen molar-refractivity contribution in [2.24, 2.45) is 0 Å². The lowest BCUT2D eigenvalue weighted by Gasteiger charge is -2.25. The molecule has 0 aromatic heterocycles. The van der Waals surface area contributed by atoms with Crippen LogP contribution < -0.4 is 5.32 Å². The van der Waals surface area contributed by atoms with E-state index < -0.39 is 12.5 Å². The summed E-state index contributed by atoms with van der Waals surface area (Å²) in [7, 11) is 0. The Hall–Kier alpha value is -1.98. The smallest absolute Gasteiger partial charge is 0.264 e. The standard InChI is InChI=1S/C15H16F2N2O2/c16-13(17)9-4-3-5-10-11(9)8-19(15(10)21)12-6-1-2-7-18-14(12)20/h3-5,12-13H,1-2,6-8H2,(H,18,20)/t12-/m0/s1. The molecule has 2 heterocycles. The normalized spacial score (nSPS) is 22.2. The second kappa shape index (κ2) is 5.42. The van der Waals surface area contributed by atoms with Crippen LogP contribution in [0.3, 0.4) is 0 Å². The van der Waals surface area contributed by atoms with E-state index in [1.807, 2.05) is 0 Å². The van der Waals surface area contributed by atoms with E-state index in [1.165, 1.54) is 17.0 Å². The van der Waals surface area contributed by atoms with Crippen molar-refractivity contribution in [2.75, 3.05) is 6.54 Å². The summed E-state index contributed by atoms with van der Waals surface area (Å²) in [6, 6.07) is 3.80. The monoisotopic (exact) mass is 294 g/mol. The number of fused-ring (bicyclic) bond motifs is 1. The van der Waals surface area contributed by atoms with Crippen LogP contribution in [0.25, 0.3) is 0 Å². The molecule has 1 atom stereocenters. The Bertz CT molecular complexity index is 589. The highest BCUT2D eigenvalue weighted by Crippen LogP contribution is 2.33. The van der Waals surface area contributed by atoms with Gasteiger partial charge in [-0.15, -0.1) is 0 Å². The maximum absolute atomic E-state index is 13.1. The van der Waals surface area contributed by atoms with Crippen molar-refractivity contribution in [3.05, 3.63) is 34.9 Å². The van der Waals surface area contributed by atoms with E-state index in [4.69, 9.17) is 0 Å². The fourth-order valence-electron chi connectivity index (χ4n) is 3.06. The molecule has 1 aromatic carbocycles. The zero-order valence-corrected chi connectivity index (χ0v) is 11.4. The van der Waals surface area contributed by atoms with E-state index in [0.717, 1.165) is 12.8 Å². The van der Waals surface area contributed by atoms with Crippen molar-refractivity contribution in [3.63, 3.8) is 0 Å². The SMILES string of the molecule is O=C1NCCCC[C@@H]1N1Cc2c(cccc2C(F)F)C1=O. The minimum atomic E-state index is -2.62. The summed E-state index contributed by atoms with van der Waals surface area (Å²) >= 11 is 0. The Morgan fingerprint density at radius 3 is 2.81 bits per heavy atom. The first-order valence-electron chi connectivity index (χ1n) is 7.08. The lowest BCUT2D eigenvalue weighted by molar-refractivity contribution is -0.125. The summed E-state index contributed by atoms with van der Waals surface area (Å²) < 4.78 is 26.1. The van der Waals surface area contributed by atoms with Crippen LogP contribution in [0, 0.1) is 0 Å². The molecule has 2 aliphatic heterocycles. The Kier molecular flexibility index (Phi) is 3.61. The molecule has 1 aromatic rings. The Morgan fingerprint density at radius 2 is 2.05 bits per heavy atom. The molecule has 4 nitrogen and oxygen atoms in total. The number of halogens is 2. The van der Waals surface area contributed by atoms with Gasteiger partial charge in [0, 0.05) is 24.2 Å². The van der Waals surface area contributed by atoms with E-state index >= 15 is 0 Å². The number of nitrogens with zero attached hydrogens (tertiary/aromatic N) is 1. The lowest BCUT2D eigenvalue weighted by Crippen LogP contribution is -2.45. The van der Waals surface area contributed by atoms with Crippen LogP contribution >= 0.6 is 0 Å². The largest absolute Gasteiger partial charge is 0.354 e. The maximum atomic E-state index is 13.1. The molecular weight excluding hydrogens is 278 g/mol. The molecule has 0 radical (unpaired) electrons. The van der Waals surface area contributed by atoms with Gasteiger partial charge in [0.1, 0.15) is 6.04 Å². The van der Waals surface area contributed by atoms with E-state index in [-0.39, 0.29) is 23.9 Å². The number of alkyl halides is 2. The fourth-order valence-corrected chi connectivity index (χ4v) is 3.06. The van der Waals surface area contributed by atoms with Crippen LogP contribution in [0.4, 0.5) is 8.78 Å². The van der Waals surface area contributed by atoms with Crippen molar-refractivity contribution < 1.29 is 18.4 Å². The predicted octanol–water partition coefficient (Wildman–Crippen LogP) is 2.25. The first kappa shape index (κ1) is 14.0. The van der Waals surface area contributed by atoms with E-state index in [2.05, 4.69) is 5.32 Å². The molecule has 0 spiro atoms. The van der Waals surface area contributed by atoms with Crippen molar-refractivity contribution in [1.82, 2.24) is 10.2 Å². The van der Waals surface area contributed by atoms with Crippen molar-refractivity contribution in [1.29, 1.82) is 0 Å². The third kappa shape index (κ3) is 2.39. The summed E-state index contributed by atoms with van der Waals surface area (Å²) in [6.45, 7) is 0.694. The van der Waals surface area contributed by atoms with Gasteiger partial charge in [0.25, 0.3) is 12.3 Å². The van der Waals surface area contributed by atoms with Crippen LogP contribution in [-0.4, -0.2) is 29.3 Å². The van der Waals surface area contributed by atoms with E-state index in [9.17, 15) is 18.4 Å². The lowest BCUT2D eigenvalue weighted by atomic mass is 10.0. The number of hydrogen-bond acceptors (Lipinski definition) is 2. The fraction of sp³-hybridized carbons (Fsp3) is 0.467. The average Bonchev–Trinajstić information content (AvgIpc) is 2.65. The molecule has 112 valence electrons. The number of nitrogens with one attached hydrogen (secondary N) is 1. The molecular formula is C15H16F2N2O2. The van der Waals surface area contributed by atoms with Crippen molar-refractivity contribution in [3.8, 4) is 0 Å². The topological polar surface area (TPSA) is 49.4 Å². The number of amides is 2. The molecule has 0 saturated carbocycles. The molecule has 1 saturated heterocycles. The third-order valence-corrected chi connectivity index (χ3v) is 4.15. The summed E-state index contributed by atoms with van der Waals surface area (Å²) in [4.78, 5) is 25.9. The van der Waals surface area contributed by atoms with Gasteiger partial charge in [-0.1, -0.05) is 12.1 Å². The highest BCUT2D eigenvalue weighted by molar-refractivity contribution is 6.01. The highest BCUT2D eigenvalue weighted by atomic mass is 19.3. The molecule has 2 aliphatic rings. The Labute approximate surface area is 121 Å². The van der Waals surface area contributed by atoms with E-state index in [0.29, 0.717) is 24.1 Å². The molecule has 3 rings (SSSR count). The number of carbonyl (C=O) groups is 2. The summed E-state index contributed by atoms with van der Waals surface area (Å²) in [5.41, 5.74) is 0.539. The summed E-state index contributed by atoms with van der Waals surface area (Å²) in [5, 5.41) is 2.78. The van der Waals surface area contributed by atoms with Crippen LogP contribution in [-0.2, 0) is 11.3 Å². The molecule has 1 N–H and O–H groups in total. The first-order valence-corrected chi connectivity index (χ1v) is 7.08. The average molecular weight is 294 g/mol. The highest BCUT2D eigenvalue weighted by Gasteiger charge is 2.38. The molecule has 0 unspecified atom stereocenters. The van der Waals surface area contributed by atoms with Crippen molar-refractivity contribution in [2.45, 2.75) is 38.3 Å². The van der Waals surface area contributed by atoms with Crippen LogP contribution in [0.1, 0.15) is 47.2 Å². The summed E-state index contributed by atoms with van der Waals surface area (Å²) in [5.74, 6) is -0.512. The summed E-state index contributed by atoms with van der Waals surface area (Å²) in [6.07, 6.45) is -0.323. The Morgan fingerprint density at radius 1 is 1.24 bits per heavy atom. The van der Waals surface area contributed by atoms with E-state index in [1.54, 1.807) is 6.07 Å². The van der Waals surface area contributed by atoms with Gasteiger partial charge >= 0.3 is 0 Å². The Balaban J connectivity index is 1.92. The zero-order chi connectivity index (χ0) is 15.0. The maximum Gasteiger partial charge on any atom is 0.264 e. The molecule has 0 aliphatic carbocycles. The van der Waals surface area contributed by atoms with Gasteiger partial charge in [-0.25, -0.2) is 8.78 Å². The van der Waals surface area contributed by atoms with Gasteiger partial charge in [0.05, 0.1) is 0 Å². The molecule has 2 amide bonds. The number of hydrogen-bond donors (Lipinski definition) is 1. The number of carbonyl (C=O) groups excluding carboxylic acids is 2. The zero-order valence-electron chi connectivity index (χ0n) is 11.4. The van der Waals surface area contributed by atoms with Gasteiger partial charge < -0.3 is 10.2 Å². The van der Waals surface area contributed by atoms with Gasteiger partial charge in [-0.2, -0.15) is 0 Å². The van der Waals surface area contributed by atoms with Crippen molar-refractivity contribution >= 4 is 11.8 Å². The van der Waals surface area contributed by atoms with Gasteiger partial charge in [0.15, 0.2) is 0 Å². The van der Waals surface area contributed by atoms with Crippen LogP contribution in [0.2, 0.25) is 0 Å². The van der Waals surface area contributed by atoms with Crippen LogP contribution in [0.15, 0.2) is 18.2 Å². The predicted molar refractivity (Wildman–Crippen MR) is 71.9 cm³/mol. The molecule has 1 fully saturated rings. The minimum Gasteiger partial charge on any atom is -0.354 e.